The van der Waals surface area contributed by atoms with Crippen molar-refractivity contribution < 1.29 is 4.79 Å². The monoisotopic (exact) mass is 286 g/mol. The summed E-state index contributed by atoms with van der Waals surface area (Å²) in [4.78, 5) is 15.0. The second-order valence-electron chi connectivity index (χ2n) is 6.47. The fourth-order valence-electron chi connectivity index (χ4n) is 3.90. The molecule has 21 heavy (non-hydrogen) atoms. The Kier molecular flexibility index (Phi) is 4.59. The van der Waals surface area contributed by atoms with Crippen LogP contribution in [0.2, 0.25) is 0 Å². The van der Waals surface area contributed by atoms with Gasteiger partial charge in [-0.3, -0.25) is 4.79 Å². The van der Waals surface area contributed by atoms with Crippen LogP contribution >= 0.6 is 0 Å². The summed E-state index contributed by atoms with van der Waals surface area (Å²) in [6.45, 7) is 1.51. The van der Waals surface area contributed by atoms with Gasteiger partial charge in [-0.05, 0) is 37.4 Å². The summed E-state index contributed by atoms with van der Waals surface area (Å²) in [6, 6.07) is 8.37. The molecule has 1 amide bonds. The van der Waals surface area contributed by atoms with Crippen LogP contribution in [0.5, 0.6) is 0 Å². The van der Waals surface area contributed by atoms with E-state index in [0.29, 0.717) is 18.4 Å². The van der Waals surface area contributed by atoms with Crippen molar-refractivity contribution >= 4 is 11.6 Å². The third-order valence-corrected chi connectivity index (χ3v) is 5.06. The number of amides is 1. The SMILES string of the molecule is NCCC1CN(C(=O)C2CCCCCC2)c2ccccc21. The first-order valence-electron chi connectivity index (χ1n) is 8.41. The maximum atomic E-state index is 13.0. The Morgan fingerprint density at radius 3 is 2.57 bits per heavy atom. The van der Waals surface area contributed by atoms with Crippen molar-refractivity contribution in [1.29, 1.82) is 0 Å². The second-order valence-corrected chi connectivity index (χ2v) is 6.47. The lowest BCUT2D eigenvalue weighted by molar-refractivity contribution is -0.122. The average Bonchev–Trinajstić information content (AvgIpc) is 2.70. The Hall–Kier alpha value is -1.35. The van der Waals surface area contributed by atoms with E-state index in [2.05, 4.69) is 18.2 Å². The molecule has 0 bridgehead atoms. The molecule has 1 aliphatic heterocycles. The first-order chi connectivity index (χ1) is 10.3. The molecular weight excluding hydrogens is 260 g/mol. The van der Waals surface area contributed by atoms with Gasteiger partial charge < -0.3 is 10.6 Å². The number of rotatable bonds is 3. The van der Waals surface area contributed by atoms with Crippen LogP contribution in [0.25, 0.3) is 0 Å². The van der Waals surface area contributed by atoms with Gasteiger partial charge >= 0.3 is 0 Å². The first kappa shape index (κ1) is 14.6. The largest absolute Gasteiger partial charge is 0.330 e. The summed E-state index contributed by atoms with van der Waals surface area (Å²) in [5.41, 5.74) is 8.19. The van der Waals surface area contributed by atoms with Crippen LogP contribution in [0.4, 0.5) is 5.69 Å². The molecule has 1 aliphatic carbocycles. The van der Waals surface area contributed by atoms with E-state index in [1.165, 1.54) is 31.2 Å². The normalized spacial score (nSPS) is 22.9. The number of nitrogens with two attached hydrogens (primary N) is 1. The average molecular weight is 286 g/mol. The van der Waals surface area contributed by atoms with Crippen molar-refractivity contribution in [3.63, 3.8) is 0 Å². The predicted molar refractivity (Wildman–Crippen MR) is 86.4 cm³/mol. The van der Waals surface area contributed by atoms with Gasteiger partial charge in [0.25, 0.3) is 0 Å². The molecule has 3 rings (SSSR count). The zero-order valence-electron chi connectivity index (χ0n) is 12.8. The zero-order chi connectivity index (χ0) is 14.7. The van der Waals surface area contributed by atoms with E-state index in [1.807, 2.05) is 11.0 Å². The van der Waals surface area contributed by atoms with E-state index < -0.39 is 0 Å². The van der Waals surface area contributed by atoms with Crippen LogP contribution < -0.4 is 10.6 Å². The summed E-state index contributed by atoms with van der Waals surface area (Å²) in [5.74, 6) is 1.00. The Balaban J connectivity index is 1.80. The van der Waals surface area contributed by atoms with Gasteiger partial charge in [-0.15, -0.1) is 0 Å². The minimum absolute atomic E-state index is 0.234. The number of nitrogens with zero attached hydrogens (tertiary/aromatic N) is 1. The molecule has 1 fully saturated rings. The summed E-state index contributed by atoms with van der Waals surface area (Å²) < 4.78 is 0. The molecule has 0 radical (unpaired) electrons. The van der Waals surface area contributed by atoms with Crippen molar-refractivity contribution in [3.8, 4) is 0 Å². The van der Waals surface area contributed by atoms with E-state index in [9.17, 15) is 4.79 Å². The third-order valence-electron chi connectivity index (χ3n) is 5.06. The highest BCUT2D eigenvalue weighted by Crippen LogP contribution is 2.39. The van der Waals surface area contributed by atoms with E-state index in [1.54, 1.807) is 0 Å². The fourth-order valence-corrected chi connectivity index (χ4v) is 3.90. The molecule has 0 saturated heterocycles. The van der Waals surface area contributed by atoms with Gasteiger partial charge in [0.15, 0.2) is 0 Å². The highest BCUT2D eigenvalue weighted by Gasteiger charge is 2.34. The van der Waals surface area contributed by atoms with Crippen molar-refractivity contribution in [2.75, 3.05) is 18.0 Å². The molecule has 1 atom stereocenters. The maximum absolute atomic E-state index is 13.0. The molecule has 0 aromatic heterocycles. The first-order valence-corrected chi connectivity index (χ1v) is 8.41. The van der Waals surface area contributed by atoms with Gasteiger partial charge in [-0.2, -0.15) is 0 Å². The molecule has 114 valence electrons. The highest BCUT2D eigenvalue weighted by atomic mass is 16.2. The van der Waals surface area contributed by atoms with Gasteiger partial charge in [-0.25, -0.2) is 0 Å². The lowest BCUT2D eigenvalue weighted by Gasteiger charge is -2.23. The summed E-state index contributed by atoms with van der Waals surface area (Å²) in [6.07, 6.45) is 8.09. The molecule has 1 aromatic carbocycles. The zero-order valence-corrected chi connectivity index (χ0v) is 12.8. The van der Waals surface area contributed by atoms with E-state index in [-0.39, 0.29) is 5.92 Å². The highest BCUT2D eigenvalue weighted by molar-refractivity contribution is 5.97. The number of para-hydroxylation sites is 1. The molecule has 1 aromatic rings. The van der Waals surface area contributed by atoms with E-state index in [0.717, 1.165) is 31.5 Å². The Morgan fingerprint density at radius 1 is 1.14 bits per heavy atom. The van der Waals surface area contributed by atoms with Gasteiger partial charge in [0.05, 0.1) is 0 Å². The Bertz CT molecular complexity index is 492. The molecule has 1 heterocycles. The minimum atomic E-state index is 0.234. The van der Waals surface area contributed by atoms with Crippen LogP contribution in [0.15, 0.2) is 24.3 Å². The molecule has 0 spiro atoms. The number of anilines is 1. The second kappa shape index (κ2) is 6.61. The molecule has 1 saturated carbocycles. The lowest BCUT2D eigenvalue weighted by Crippen LogP contribution is -2.35. The van der Waals surface area contributed by atoms with Gasteiger partial charge in [0.2, 0.25) is 5.91 Å². The summed E-state index contributed by atoms with van der Waals surface area (Å²) in [7, 11) is 0. The lowest BCUT2D eigenvalue weighted by atomic mass is 9.98. The van der Waals surface area contributed by atoms with Crippen molar-refractivity contribution in [3.05, 3.63) is 29.8 Å². The standard InChI is InChI=1S/C18H26N2O/c19-12-11-15-13-20(17-10-6-5-9-16(15)17)18(21)14-7-3-1-2-4-8-14/h5-6,9-10,14-15H,1-4,7-8,11-13,19H2. The van der Waals surface area contributed by atoms with Crippen LogP contribution in [-0.4, -0.2) is 19.0 Å². The number of carbonyl (C=O) groups excluding carboxylic acids is 1. The number of hydrogen-bond acceptors (Lipinski definition) is 2. The van der Waals surface area contributed by atoms with Gasteiger partial charge in [-0.1, -0.05) is 43.9 Å². The van der Waals surface area contributed by atoms with Gasteiger partial charge in [0.1, 0.15) is 0 Å². The third kappa shape index (κ3) is 2.98. The smallest absolute Gasteiger partial charge is 0.230 e. The molecule has 3 heteroatoms. The fraction of sp³-hybridized carbons (Fsp3) is 0.611. The molecule has 2 N–H and O–H groups in total. The van der Waals surface area contributed by atoms with Crippen LogP contribution in [-0.2, 0) is 4.79 Å². The van der Waals surface area contributed by atoms with Crippen LogP contribution in [0.3, 0.4) is 0 Å². The number of benzene rings is 1. The Morgan fingerprint density at radius 2 is 1.86 bits per heavy atom. The topological polar surface area (TPSA) is 46.3 Å². The minimum Gasteiger partial charge on any atom is -0.330 e. The molecule has 2 aliphatic rings. The van der Waals surface area contributed by atoms with Crippen molar-refractivity contribution in [2.45, 2.75) is 50.9 Å². The Labute approximate surface area is 127 Å². The van der Waals surface area contributed by atoms with Gasteiger partial charge in [0, 0.05) is 24.1 Å². The summed E-state index contributed by atoms with van der Waals surface area (Å²) in [5, 5.41) is 0. The number of fused-ring (bicyclic) bond motifs is 1. The van der Waals surface area contributed by atoms with E-state index >= 15 is 0 Å². The summed E-state index contributed by atoms with van der Waals surface area (Å²) >= 11 is 0. The van der Waals surface area contributed by atoms with Crippen LogP contribution in [0.1, 0.15) is 56.4 Å². The quantitative estimate of drug-likeness (QED) is 0.865. The maximum Gasteiger partial charge on any atom is 0.230 e. The van der Waals surface area contributed by atoms with Crippen molar-refractivity contribution in [2.24, 2.45) is 11.7 Å². The van der Waals surface area contributed by atoms with Crippen LogP contribution in [0, 0.1) is 5.92 Å². The molecule has 3 nitrogen and oxygen atoms in total. The van der Waals surface area contributed by atoms with Crippen molar-refractivity contribution in [1.82, 2.24) is 0 Å². The molecule has 1 unspecified atom stereocenters. The molecular formula is C18H26N2O. The number of carbonyl (C=O) groups is 1. The number of hydrogen-bond donors (Lipinski definition) is 1. The van der Waals surface area contributed by atoms with E-state index in [4.69, 9.17) is 5.73 Å². The predicted octanol–water partition coefficient (Wildman–Crippen LogP) is 3.44.